The first-order chi connectivity index (χ1) is 13.2. The van der Waals surface area contributed by atoms with Gasteiger partial charge in [-0.15, -0.1) is 0 Å². The monoisotopic (exact) mass is 388 g/mol. The minimum atomic E-state index is 0.449. The number of hydrogen-bond acceptors (Lipinski definition) is 4. The van der Waals surface area contributed by atoms with E-state index in [1.165, 1.54) is 24.0 Å². The Morgan fingerprint density at radius 3 is 2.52 bits per heavy atom. The highest BCUT2D eigenvalue weighted by atomic mass is 35.5. The van der Waals surface area contributed by atoms with Crippen LogP contribution < -0.4 is 0 Å². The molecule has 2 fully saturated rings. The largest absolute Gasteiger partial charge is 0.377 e. The van der Waals surface area contributed by atoms with E-state index in [1.54, 1.807) is 0 Å². The summed E-state index contributed by atoms with van der Waals surface area (Å²) < 4.78 is 7.70. The lowest BCUT2D eigenvalue weighted by Crippen LogP contribution is -2.48. The van der Waals surface area contributed by atoms with Gasteiger partial charge in [0.1, 0.15) is 5.15 Å². The van der Waals surface area contributed by atoms with Gasteiger partial charge in [-0.3, -0.25) is 9.80 Å². The molecule has 27 heavy (non-hydrogen) atoms. The Balaban J connectivity index is 1.33. The molecule has 146 valence electrons. The van der Waals surface area contributed by atoms with E-state index in [9.17, 15) is 0 Å². The Bertz CT molecular complexity index is 734. The minimum Gasteiger partial charge on any atom is -0.377 e. The molecule has 2 saturated heterocycles. The molecule has 4 rings (SSSR count). The van der Waals surface area contributed by atoms with E-state index in [0.717, 1.165) is 63.3 Å². The lowest BCUT2D eigenvalue weighted by Gasteiger charge is -2.35. The number of hydrogen-bond donors (Lipinski definition) is 0. The Morgan fingerprint density at radius 2 is 1.81 bits per heavy atom. The summed E-state index contributed by atoms with van der Waals surface area (Å²) in [4.78, 5) is 5.04. The van der Waals surface area contributed by atoms with E-state index in [-0.39, 0.29) is 0 Å². The standard InChI is InChI=1S/C21H29ClN4O/c1-17-20(21(22)26(23-17)14-18-6-3-2-4-7-18)16-25-11-9-24(10-12-25)15-19-8-5-13-27-19/h2-4,6-7,19H,5,8-16H2,1H3. The molecule has 2 aliphatic rings. The first-order valence-corrected chi connectivity index (χ1v) is 10.4. The molecule has 1 unspecified atom stereocenters. The van der Waals surface area contributed by atoms with Crippen LogP contribution in [0.5, 0.6) is 0 Å². The first kappa shape index (κ1) is 18.9. The van der Waals surface area contributed by atoms with E-state index in [1.807, 2.05) is 10.7 Å². The van der Waals surface area contributed by atoms with Gasteiger partial charge in [0.15, 0.2) is 0 Å². The van der Waals surface area contributed by atoms with Crippen molar-refractivity contribution in [1.29, 1.82) is 0 Å². The number of ether oxygens (including phenoxy) is 1. The van der Waals surface area contributed by atoms with E-state index >= 15 is 0 Å². The highest BCUT2D eigenvalue weighted by Gasteiger charge is 2.24. The van der Waals surface area contributed by atoms with Crippen molar-refractivity contribution < 1.29 is 4.74 Å². The summed E-state index contributed by atoms with van der Waals surface area (Å²) in [5, 5.41) is 5.46. The predicted octanol–water partition coefficient (Wildman–Crippen LogP) is 3.19. The molecule has 0 bridgehead atoms. The van der Waals surface area contributed by atoms with E-state index in [2.05, 4.69) is 46.1 Å². The van der Waals surface area contributed by atoms with Crippen LogP contribution >= 0.6 is 11.6 Å². The summed E-state index contributed by atoms with van der Waals surface area (Å²) in [5.41, 5.74) is 3.43. The predicted molar refractivity (Wildman–Crippen MR) is 108 cm³/mol. The quantitative estimate of drug-likeness (QED) is 0.761. The van der Waals surface area contributed by atoms with Gasteiger partial charge in [0.05, 0.1) is 18.3 Å². The molecule has 0 N–H and O–H groups in total. The molecule has 5 nitrogen and oxygen atoms in total. The molecular formula is C21H29ClN4O. The lowest BCUT2D eigenvalue weighted by atomic mass is 10.2. The molecule has 6 heteroatoms. The summed E-state index contributed by atoms with van der Waals surface area (Å²) in [7, 11) is 0. The van der Waals surface area contributed by atoms with Crippen LogP contribution in [-0.2, 0) is 17.8 Å². The molecule has 1 aromatic heterocycles. The Hall–Kier alpha value is -1.40. The maximum Gasteiger partial charge on any atom is 0.132 e. The van der Waals surface area contributed by atoms with Crippen molar-refractivity contribution >= 4 is 11.6 Å². The van der Waals surface area contributed by atoms with Crippen molar-refractivity contribution in [3.05, 3.63) is 52.3 Å². The van der Waals surface area contributed by atoms with Gasteiger partial charge >= 0.3 is 0 Å². The van der Waals surface area contributed by atoms with Crippen LogP contribution in [0.15, 0.2) is 30.3 Å². The minimum absolute atomic E-state index is 0.449. The van der Waals surface area contributed by atoms with Crippen molar-refractivity contribution in [3.8, 4) is 0 Å². The van der Waals surface area contributed by atoms with Gasteiger partial charge in [-0.25, -0.2) is 4.68 Å². The summed E-state index contributed by atoms with van der Waals surface area (Å²) in [6.07, 6.45) is 2.88. The molecule has 0 amide bonds. The summed E-state index contributed by atoms with van der Waals surface area (Å²) >= 11 is 6.69. The fourth-order valence-electron chi connectivity index (χ4n) is 4.06. The Labute approximate surface area is 166 Å². The smallest absolute Gasteiger partial charge is 0.132 e. The number of rotatable bonds is 6. The van der Waals surface area contributed by atoms with Gasteiger partial charge in [0.2, 0.25) is 0 Å². The van der Waals surface area contributed by atoms with Crippen LogP contribution in [0.2, 0.25) is 5.15 Å². The molecule has 0 aliphatic carbocycles. The van der Waals surface area contributed by atoms with Crippen molar-refractivity contribution in [2.45, 2.75) is 39.0 Å². The second kappa shape index (κ2) is 8.74. The van der Waals surface area contributed by atoms with Crippen molar-refractivity contribution in [1.82, 2.24) is 19.6 Å². The summed E-state index contributed by atoms with van der Waals surface area (Å²) in [6.45, 7) is 10.1. The fraction of sp³-hybridized carbons (Fsp3) is 0.571. The van der Waals surface area contributed by atoms with Crippen LogP contribution in [0.3, 0.4) is 0 Å². The highest BCUT2D eigenvalue weighted by Crippen LogP contribution is 2.23. The summed E-state index contributed by atoms with van der Waals surface area (Å²) in [6, 6.07) is 10.4. The van der Waals surface area contributed by atoms with Gasteiger partial charge in [-0.2, -0.15) is 5.10 Å². The van der Waals surface area contributed by atoms with Gasteiger partial charge in [0, 0.05) is 51.4 Å². The second-order valence-electron chi connectivity index (χ2n) is 7.71. The maximum absolute atomic E-state index is 6.69. The zero-order valence-corrected chi connectivity index (χ0v) is 16.9. The van der Waals surface area contributed by atoms with Crippen molar-refractivity contribution in [2.24, 2.45) is 0 Å². The van der Waals surface area contributed by atoms with Crippen LogP contribution in [-0.4, -0.2) is 65.0 Å². The zero-order valence-electron chi connectivity index (χ0n) is 16.1. The van der Waals surface area contributed by atoms with Gasteiger partial charge in [-0.1, -0.05) is 41.9 Å². The molecule has 0 radical (unpaired) electrons. The average molecular weight is 389 g/mol. The third-order valence-corrected chi connectivity index (χ3v) is 6.11. The van der Waals surface area contributed by atoms with Crippen LogP contribution in [0.25, 0.3) is 0 Å². The number of piperazine rings is 1. The van der Waals surface area contributed by atoms with E-state index < -0.39 is 0 Å². The van der Waals surface area contributed by atoms with Crippen molar-refractivity contribution in [2.75, 3.05) is 39.3 Å². The Morgan fingerprint density at radius 1 is 1.07 bits per heavy atom. The number of halogens is 1. The lowest BCUT2D eigenvalue weighted by molar-refractivity contribution is 0.0489. The molecule has 1 atom stereocenters. The third-order valence-electron chi connectivity index (χ3n) is 5.69. The second-order valence-corrected chi connectivity index (χ2v) is 8.07. The molecule has 1 aromatic carbocycles. The number of aromatic nitrogens is 2. The van der Waals surface area contributed by atoms with Gasteiger partial charge in [0.25, 0.3) is 0 Å². The van der Waals surface area contributed by atoms with Gasteiger partial charge in [-0.05, 0) is 25.3 Å². The van der Waals surface area contributed by atoms with Crippen LogP contribution in [0.1, 0.15) is 29.7 Å². The molecular weight excluding hydrogens is 360 g/mol. The zero-order chi connectivity index (χ0) is 18.6. The number of benzene rings is 1. The molecule has 2 aliphatic heterocycles. The molecule has 3 heterocycles. The maximum atomic E-state index is 6.69. The van der Waals surface area contributed by atoms with Crippen LogP contribution in [0.4, 0.5) is 0 Å². The number of aryl methyl sites for hydroxylation is 1. The SMILES string of the molecule is Cc1nn(Cc2ccccc2)c(Cl)c1CN1CCN(CC2CCCO2)CC1. The first-order valence-electron chi connectivity index (χ1n) is 10.0. The van der Waals surface area contributed by atoms with E-state index in [0.29, 0.717) is 6.10 Å². The average Bonchev–Trinajstić information content (AvgIpc) is 3.28. The topological polar surface area (TPSA) is 33.5 Å². The number of nitrogens with zero attached hydrogens (tertiary/aromatic N) is 4. The Kier molecular flexibility index (Phi) is 6.13. The van der Waals surface area contributed by atoms with E-state index in [4.69, 9.17) is 16.3 Å². The third kappa shape index (κ3) is 4.72. The molecule has 2 aromatic rings. The fourth-order valence-corrected chi connectivity index (χ4v) is 4.36. The van der Waals surface area contributed by atoms with Crippen LogP contribution in [0, 0.1) is 6.92 Å². The highest BCUT2D eigenvalue weighted by molar-refractivity contribution is 6.30. The molecule has 0 saturated carbocycles. The summed E-state index contributed by atoms with van der Waals surface area (Å²) in [5.74, 6) is 0. The molecule has 0 spiro atoms. The normalized spacial score (nSPS) is 21.8. The van der Waals surface area contributed by atoms with Crippen molar-refractivity contribution in [3.63, 3.8) is 0 Å². The van der Waals surface area contributed by atoms with Gasteiger partial charge < -0.3 is 4.74 Å².